The largest absolute Gasteiger partial charge is 0.378 e. The first-order valence-corrected chi connectivity index (χ1v) is 7.42. The molecule has 1 heterocycles. The minimum atomic E-state index is 0.0441. The molecule has 1 saturated heterocycles. The van der Waals surface area contributed by atoms with E-state index in [1.807, 2.05) is 37.3 Å². The summed E-state index contributed by atoms with van der Waals surface area (Å²) in [5.74, 6) is 0.0512. The molecule has 0 radical (unpaired) electrons. The predicted molar refractivity (Wildman–Crippen MR) is 79.5 cm³/mol. The van der Waals surface area contributed by atoms with E-state index in [0.717, 1.165) is 31.5 Å². The fraction of sp³-hybridized carbons (Fsp3) is 0.562. The molecule has 1 aliphatic heterocycles. The van der Waals surface area contributed by atoms with E-state index in [1.165, 1.54) is 0 Å². The number of amides is 1. The minimum Gasteiger partial charge on any atom is -0.378 e. The molecule has 0 aromatic heterocycles. The van der Waals surface area contributed by atoms with E-state index in [9.17, 15) is 4.79 Å². The van der Waals surface area contributed by atoms with Gasteiger partial charge in [-0.3, -0.25) is 4.79 Å². The lowest BCUT2D eigenvalue weighted by molar-refractivity contribution is -0.123. The van der Waals surface area contributed by atoms with Crippen LogP contribution in [0, 0.1) is 0 Å². The Labute approximate surface area is 120 Å². The molecule has 0 aliphatic carbocycles. The van der Waals surface area contributed by atoms with Gasteiger partial charge >= 0.3 is 0 Å². The summed E-state index contributed by atoms with van der Waals surface area (Å²) in [5, 5.41) is 6.30. The maximum atomic E-state index is 11.9. The molecule has 0 unspecified atom stereocenters. The quantitative estimate of drug-likeness (QED) is 0.836. The SMILES string of the molecule is C[C@@H](NC(=O)CCOC1CCNCC1)c1ccccc1. The van der Waals surface area contributed by atoms with Crippen molar-refractivity contribution in [2.75, 3.05) is 19.7 Å². The molecule has 20 heavy (non-hydrogen) atoms. The summed E-state index contributed by atoms with van der Waals surface area (Å²) in [4.78, 5) is 11.9. The van der Waals surface area contributed by atoms with Crippen molar-refractivity contribution in [1.82, 2.24) is 10.6 Å². The van der Waals surface area contributed by atoms with Crippen molar-refractivity contribution in [2.24, 2.45) is 0 Å². The maximum Gasteiger partial charge on any atom is 0.222 e. The number of carbonyl (C=O) groups is 1. The predicted octanol–water partition coefficient (Wildman–Crippen LogP) is 2.02. The average Bonchev–Trinajstić information content (AvgIpc) is 2.49. The Kier molecular flexibility index (Phi) is 6.02. The second-order valence-electron chi connectivity index (χ2n) is 5.27. The van der Waals surface area contributed by atoms with Gasteiger partial charge in [0.15, 0.2) is 0 Å². The molecule has 0 spiro atoms. The van der Waals surface area contributed by atoms with Crippen LogP contribution in [0.25, 0.3) is 0 Å². The van der Waals surface area contributed by atoms with Gasteiger partial charge in [0.05, 0.1) is 18.8 Å². The fourth-order valence-electron chi connectivity index (χ4n) is 2.42. The zero-order chi connectivity index (χ0) is 14.2. The van der Waals surface area contributed by atoms with Crippen molar-refractivity contribution in [2.45, 2.75) is 38.3 Å². The number of carbonyl (C=O) groups excluding carboxylic acids is 1. The van der Waals surface area contributed by atoms with E-state index in [-0.39, 0.29) is 11.9 Å². The van der Waals surface area contributed by atoms with E-state index in [4.69, 9.17) is 4.74 Å². The molecule has 2 rings (SSSR count). The van der Waals surface area contributed by atoms with Gasteiger partial charge < -0.3 is 15.4 Å². The van der Waals surface area contributed by atoms with Crippen LogP contribution in [0.15, 0.2) is 30.3 Å². The van der Waals surface area contributed by atoms with E-state index in [2.05, 4.69) is 10.6 Å². The molecule has 1 aromatic carbocycles. The Balaban J connectivity index is 1.65. The molecule has 110 valence electrons. The average molecular weight is 276 g/mol. The van der Waals surface area contributed by atoms with E-state index in [1.54, 1.807) is 0 Å². The zero-order valence-electron chi connectivity index (χ0n) is 12.1. The summed E-state index contributed by atoms with van der Waals surface area (Å²) in [5.41, 5.74) is 1.13. The highest BCUT2D eigenvalue weighted by Gasteiger charge is 2.14. The van der Waals surface area contributed by atoms with Crippen LogP contribution in [0.2, 0.25) is 0 Å². The molecule has 1 fully saturated rings. The molecule has 1 aliphatic rings. The Hall–Kier alpha value is -1.39. The Morgan fingerprint density at radius 1 is 1.35 bits per heavy atom. The van der Waals surface area contributed by atoms with E-state index >= 15 is 0 Å². The number of nitrogens with one attached hydrogen (secondary N) is 2. The lowest BCUT2D eigenvalue weighted by Crippen LogP contribution is -2.33. The molecule has 1 atom stereocenters. The third-order valence-electron chi connectivity index (χ3n) is 3.65. The van der Waals surface area contributed by atoms with Crippen LogP contribution >= 0.6 is 0 Å². The molecule has 2 N–H and O–H groups in total. The summed E-state index contributed by atoms with van der Waals surface area (Å²) in [6.07, 6.45) is 2.83. The Bertz CT molecular complexity index is 402. The summed E-state index contributed by atoms with van der Waals surface area (Å²) in [6.45, 7) is 4.54. The van der Waals surface area contributed by atoms with Crippen molar-refractivity contribution in [1.29, 1.82) is 0 Å². The Morgan fingerprint density at radius 3 is 2.75 bits per heavy atom. The van der Waals surface area contributed by atoms with Gasteiger partial charge in [-0.25, -0.2) is 0 Å². The highest BCUT2D eigenvalue weighted by Crippen LogP contribution is 2.11. The number of hydrogen-bond acceptors (Lipinski definition) is 3. The number of ether oxygens (including phenoxy) is 1. The molecular formula is C16H24N2O2. The first kappa shape index (κ1) is 15.0. The van der Waals surface area contributed by atoms with Crippen molar-refractivity contribution in [3.8, 4) is 0 Å². The van der Waals surface area contributed by atoms with Gasteiger partial charge in [-0.05, 0) is 38.4 Å². The highest BCUT2D eigenvalue weighted by molar-refractivity contribution is 5.76. The van der Waals surface area contributed by atoms with Crippen LogP contribution in [0.3, 0.4) is 0 Å². The zero-order valence-corrected chi connectivity index (χ0v) is 12.1. The maximum absolute atomic E-state index is 11.9. The van der Waals surface area contributed by atoms with Crippen LogP contribution in [0.1, 0.15) is 37.8 Å². The van der Waals surface area contributed by atoms with Crippen LogP contribution in [0.4, 0.5) is 0 Å². The van der Waals surface area contributed by atoms with Gasteiger partial charge in [0.25, 0.3) is 0 Å². The van der Waals surface area contributed by atoms with Crippen molar-refractivity contribution in [3.63, 3.8) is 0 Å². The third-order valence-corrected chi connectivity index (χ3v) is 3.65. The van der Waals surface area contributed by atoms with Gasteiger partial charge in [0.2, 0.25) is 5.91 Å². The summed E-state index contributed by atoms with van der Waals surface area (Å²) in [6, 6.07) is 10.0. The van der Waals surface area contributed by atoms with Gasteiger partial charge in [-0.2, -0.15) is 0 Å². The first-order chi connectivity index (χ1) is 9.75. The summed E-state index contributed by atoms with van der Waals surface area (Å²) < 4.78 is 5.74. The molecule has 4 nitrogen and oxygen atoms in total. The molecule has 4 heteroatoms. The fourth-order valence-corrected chi connectivity index (χ4v) is 2.42. The molecule has 1 amide bonds. The van der Waals surface area contributed by atoms with Gasteiger partial charge in [0, 0.05) is 6.42 Å². The van der Waals surface area contributed by atoms with Crippen LogP contribution in [0.5, 0.6) is 0 Å². The number of benzene rings is 1. The summed E-state index contributed by atoms with van der Waals surface area (Å²) >= 11 is 0. The van der Waals surface area contributed by atoms with Crippen LogP contribution in [-0.4, -0.2) is 31.7 Å². The van der Waals surface area contributed by atoms with Crippen molar-refractivity contribution in [3.05, 3.63) is 35.9 Å². The first-order valence-electron chi connectivity index (χ1n) is 7.42. The Morgan fingerprint density at radius 2 is 2.05 bits per heavy atom. The monoisotopic (exact) mass is 276 g/mol. The molecule has 0 bridgehead atoms. The number of rotatable bonds is 6. The van der Waals surface area contributed by atoms with Gasteiger partial charge in [-0.1, -0.05) is 30.3 Å². The van der Waals surface area contributed by atoms with Crippen molar-refractivity contribution < 1.29 is 9.53 Å². The smallest absolute Gasteiger partial charge is 0.222 e. The number of piperidine rings is 1. The standard InChI is InChI=1S/C16H24N2O2/c1-13(14-5-3-2-4-6-14)18-16(19)9-12-20-15-7-10-17-11-8-15/h2-6,13,15,17H,7-12H2,1H3,(H,18,19)/t13-/m1/s1. The van der Waals surface area contributed by atoms with Crippen molar-refractivity contribution >= 4 is 5.91 Å². The topological polar surface area (TPSA) is 50.4 Å². The lowest BCUT2D eigenvalue weighted by Gasteiger charge is -2.23. The third kappa shape index (κ3) is 4.94. The molecule has 1 aromatic rings. The van der Waals surface area contributed by atoms with Crippen LogP contribution in [-0.2, 0) is 9.53 Å². The molecule has 0 saturated carbocycles. The lowest BCUT2D eigenvalue weighted by atomic mass is 10.1. The second-order valence-corrected chi connectivity index (χ2v) is 5.27. The highest BCUT2D eigenvalue weighted by atomic mass is 16.5. The molecular weight excluding hydrogens is 252 g/mol. The minimum absolute atomic E-state index is 0.0441. The summed E-state index contributed by atoms with van der Waals surface area (Å²) in [7, 11) is 0. The normalized spacial score (nSPS) is 17.6. The van der Waals surface area contributed by atoms with E-state index < -0.39 is 0 Å². The second kappa shape index (κ2) is 8.02. The number of hydrogen-bond donors (Lipinski definition) is 2. The van der Waals surface area contributed by atoms with Gasteiger partial charge in [0.1, 0.15) is 0 Å². The van der Waals surface area contributed by atoms with E-state index in [0.29, 0.717) is 19.1 Å². The van der Waals surface area contributed by atoms with Gasteiger partial charge in [-0.15, -0.1) is 0 Å². The van der Waals surface area contributed by atoms with Crippen LogP contribution < -0.4 is 10.6 Å².